The van der Waals surface area contributed by atoms with Crippen LogP contribution in [-0.2, 0) is 0 Å². The lowest BCUT2D eigenvalue weighted by atomic mass is 10.1. The topological polar surface area (TPSA) is 79.2 Å². The quantitative estimate of drug-likeness (QED) is 0.849. The SMILES string of the molecule is NC(=O)c1c(N2CCCC2)c(=O)[nH]c2ccccc12. The highest BCUT2D eigenvalue weighted by molar-refractivity contribution is 6.10. The van der Waals surface area contributed by atoms with Crippen LogP contribution in [0.1, 0.15) is 23.2 Å². The fourth-order valence-electron chi connectivity index (χ4n) is 2.72. The van der Waals surface area contributed by atoms with Crippen molar-refractivity contribution >= 4 is 22.5 Å². The number of H-pyrrole nitrogens is 1. The summed E-state index contributed by atoms with van der Waals surface area (Å²) < 4.78 is 0. The van der Waals surface area contributed by atoms with Crippen LogP contribution >= 0.6 is 0 Å². The summed E-state index contributed by atoms with van der Waals surface area (Å²) in [4.78, 5) is 28.8. The lowest BCUT2D eigenvalue weighted by Gasteiger charge is -2.20. The van der Waals surface area contributed by atoms with Crippen LogP contribution in [0, 0.1) is 0 Å². The first-order chi connectivity index (χ1) is 9.18. The lowest BCUT2D eigenvalue weighted by molar-refractivity contribution is 0.100. The number of nitrogens with one attached hydrogen (secondary N) is 1. The number of carbonyl (C=O) groups is 1. The molecule has 1 aliphatic rings. The summed E-state index contributed by atoms with van der Waals surface area (Å²) in [5, 5.41) is 0.705. The maximum Gasteiger partial charge on any atom is 0.272 e. The number of aromatic nitrogens is 1. The molecule has 2 aromatic rings. The number of rotatable bonds is 2. The average Bonchev–Trinajstić information content (AvgIpc) is 2.90. The normalized spacial score (nSPS) is 15.1. The van der Waals surface area contributed by atoms with Gasteiger partial charge in [-0.25, -0.2) is 0 Å². The van der Waals surface area contributed by atoms with E-state index in [1.54, 1.807) is 6.07 Å². The van der Waals surface area contributed by atoms with Gasteiger partial charge in [-0.3, -0.25) is 9.59 Å². The summed E-state index contributed by atoms with van der Waals surface area (Å²) in [6, 6.07) is 7.24. The largest absolute Gasteiger partial charge is 0.366 e. The first-order valence-corrected chi connectivity index (χ1v) is 6.38. The van der Waals surface area contributed by atoms with Gasteiger partial charge in [-0.05, 0) is 18.9 Å². The molecular weight excluding hydrogens is 242 g/mol. The molecule has 1 aromatic carbocycles. The molecule has 1 fully saturated rings. The molecule has 0 spiro atoms. The minimum atomic E-state index is -0.552. The zero-order valence-corrected chi connectivity index (χ0v) is 10.5. The van der Waals surface area contributed by atoms with Crippen LogP contribution < -0.4 is 16.2 Å². The summed E-state index contributed by atoms with van der Waals surface area (Å²) in [5.41, 5.74) is 6.65. The van der Waals surface area contributed by atoms with Crippen LogP contribution in [-0.4, -0.2) is 24.0 Å². The van der Waals surface area contributed by atoms with E-state index < -0.39 is 5.91 Å². The molecule has 0 bridgehead atoms. The summed E-state index contributed by atoms with van der Waals surface area (Å²) in [6.45, 7) is 1.59. The van der Waals surface area contributed by atoms with Crippen LogP contribution in [0.25, 0.3) is 10.9 Å². The highest BCUT2D eigenvalue weighted by atomic mass is 16.1. The Labute approximate surface area is 110 Å². The highest BCUT2D eigenvalue weighted by Crippen LogP contribution is 2.26. The Morgan fingerprint density at radius 3 is 2.58 bits per heavy atom. The fraction of sp³-hybridized carbons (Fsp3) is 0.286. The zero-order chi connectivity index (χ0) is 13.4. The molecule has 0 aliphatic carbocycles. The minimum Gasteiger partial charge on any atom is -0.366 e. The van der Waals surface area contributed by atoms with Crippen LogP contribution in [0.2, 0.25) is 0 Å². The van der Waals surface area contributed by atoms with Gasteiger partial charge in [0.25, 0.3) is 11.5 Å². The molecule has 3 N–H and O–H groups in total. The van der Waals surface area contributed by atoms with Gasteiger partial charge in [0.2, 0.25) is 0 Å². The smallest absolute Gasteiger partial charge is 0.272 e. The molecule has 5 nitrogen and oxygen atoms in total. The number of anilines is 1. The lowest BCUT2D eigenvalue weighted by Crippen LogP contribution is -2.30. The van der Waals surface area contributed by atoms with E-state index in [-0.39, 0.29) is 5.56 Å². The molecule has 1 aromatic heterocycles. The molecule has 98 valence electrons. The number of aromatic amines is 1. The Bertz CT molecular complexity index is 699. The molecule has 3 rings (SSSR count). The van der Waals surface area contributed by atoms with Gasteiger partial charge >= 0.3 is 0 Å². The van der Waals surface area contributed by atoms with Gasteiger partial charge in [0.05, 0.1) is 5.56 Å². The van der Waals surface area contributed by atoms with Crippen molar-refractivity contribution in [2.45, 2.75) is 12.8 Å². The molecule has 0 unspecified atom stereocenters. The van der Waals surface area contributed by atoms with Crippen molar-refractivity contribution in [3.8, 4) is 0 Å². The third-order valence-electron chi connectivity index (χ3n) is 3.57. The maximum absolute atomic E-state index is 12.2. The molecule has 1 saturated heterocycles. The van der Waals surface area contributed by atoms with E-state index >= 15 is 0 Å². The van der Waals surface area contributed by atoms with Gasteiger partial charge in [-0.1, -0.05) is 18.2 Å². The Balaban J connectivity index is 2.36. The van der Waals surface area contributed by atoms with Gasteiger partial charge in [-0.15, -0.1) is 0 Å². The Morgan fingerprint density at radius 1 is 1.21 bits per heavy atom. The number of para-hydroxylation sites is 1. The van der Waals surface area contributed by atoms with E-state index in [1.165, 1.54) is 0 Å². The number of hydrogen-bond acceptors (Lipinski definition) is 3. The predicted molar refractivity (Wildman–Crippen MR) is 74.5 cm³/mol. The number of hydrogen-bond donors (Lipinski definition) is 2. The Kier molecular flexibility index (Phi) is 2.74. The van der Waals surface area contributed by atoms with Gasteiger partial charge in [0.15, 0.2) is 0 Å². The highest BCUT2D eigenvalue weighted by Gasteiger charge is 2.23. The summed E-state index contributed by atoms with van der Waals surface area (Å²) in [7, 11) is 0. The molecule has 0 radical (unpaired) electrons. The monoisotopic (exact) mass is 257 g/mol. The second-order valence-electron chi connectivity index (χ2n) is 4.78. The fourth-order valence-corrected chi connectivity index (χ4v) is 2.72. The van der Waals surface area contributed by atoms with E-state index in [9.17, 15) is 9.59 Å². The van der Waals surface area contributed by atoms with Crippen molar-refractivity contribution < 1.29 is 4.79 Å². The van der Waals surface area contributed by atoms with Crippen molar-refractivity contribution in [1.29, 1.82) is 0 Å². The van der Waals surface area contributed by atoms with Crippen LogP contribution in [0.5, 0.6) is 0 Å². The summed E-state index contributed by atoms with van der Waals surface area (Å²) in [6.07, 6.45) is 2.06. The standard InChI is InChI=1S/C14H15N3O2/c15-13(18)11-9-5-1-2-6-10(9)16-14(19)12(11)17-7-3-4-8-17/h1-2,5-6H,3-4,7-8H2,(H2,15,18)(H,16,19). The summed E-state index contributed by atoms with van der Waals surface area (Å²) in [5.74, 6) is -0.552. The van der Waals surface area contributed by atoms with Gasteiger partial charge in [-0.2, -0.15) is 0 Å². The number of pyridine rings is 1. The number of benzene rings is 1. The number of primary amides is 1. The molecule has 5 heteroatoms. The van der Waals surface area contributed by atoms with Crippen molar-refractivity contribution in [2.24, 2.45) is 5.73 Å². The van der Waals surface area contributed by atoms with E-state index in [1.807, 2.05) is 23.1 Å². The number of carbonyl (C=O) groups excluding carboxylic acids is 1. The Hall–Kier alpha value is -2.30. The second-order valence-corrected chi connectivity index (χ2v) is 4.78. The number of amides is 1. The van der Waals surface area contributed by atoms with E-state index in [2.05, 4.69) is 4.98 Å². The first kappa shape index (κ1) is 11.8. The van der Waals surface area contributed by atoms with Crippen molar-refractivity contribution in [3.63, 3.8) is 0 Å². The van der Waals surface area contributed by atoms with Crippen molar-refractivity contribution in [3.05, 3.63) is 40.2 Å². The third kappa shape index (κ3) is 1.87. The van der Waals surface area contributed by atoms with Gasteiger partial charge in [0, 0.05) is 24.0 Å². The number of fused-ring (bicyclic) bond motifs is 1. The molecule has 0 atom stereocenters. The maximum atomic E-state index is 12.2. The van der Waals surface area contributed by atoms with Gasteiger partial charge < -0.3 is 15.6 Å². The van der Waals surface area contributed by atoms with E-state index in [0.717, 1.165) is 25.9 Å². The summed E-state index contributed by atoms with van der Waals surface area (Å²) >= 11 is 0. The third-order valence-corrected chi connectivity index (χ3v) is 3.57. The minimum absolute atomic E-state index is 0.241. The Morgan fingerprint density at radius 2 is 1.89 bits per heavy atom. The molecule has 2 heterocycles. The van der Waals surface area contributed by atoms with Crippen LogP contribution in [0.3, 0.4) is 0 Å². The van der Waals surface area contributed by atoms with Gasteiger partial charge in [0.1, 0.15) is 5.69 Å². The predicted octanol–water partition coefficient (Wildman–Crippen LogP) is 1.23. The van der Waals surface area contributed by atoms with Crippen LogP contribution in [0.15, 0.2) is 29.1 Å². The number of nitrogens with two attached hydrogens (primary N) is 1. The zero-order valence-electron chi connectivity index (χ0n) is 10.5. The molecule has 1 aliphatic heterocycles. The molecule has 0 saturated carbocycles. The van der Waals surface area contributed by atoms with E-state index in [4.69, 9.17) is 5.73 Å². The van der Waals surface area contributed by atoms with Crippen LogP contribution in [0.4, 0.5) is 5.69 Å². The second kappa shape index (κ2) is 4.42. The van der Waals surface area contributed by atoms with Crippen molar-refractivity contribution in [2.75, 3.05) is 18.0 Å². The van der Waals surface area contributed by atoms with E-state index in [0.29, 0.717) is 22.2 Å². The average molecular weight is 257 g/mol. The number of nitrogens with zero attached hydrogens (tertiary/aromatic N) is 1. The first-order valence-electron chi connectivity index (χ1n) is 6.38. The van der Waals surface area contributed by atoms with Crippen molar-refractivity contribution in [1.82, 2.24) is 4.98 Å². The molecular formula is C14H15N3O2. The molecule has 19 heavy (non-hydrogen) atoms. The molecule has 1 amide bonds.